The number of hydrogen-bond donors (Lipinski definition) is 1. The summed E-state index contributed by atoms with van der Waals surface area (Å²) in [4.78, 5) is 12.1. The first-order valence-corrected chi connectivity index (χ1v) is 4.88. The summed E-state index contributed by atoms with van der Waals surface area (Å²) in [5, 5.41) is 2.40. The van der Waals surface area contributed by atoms with Crippen LogP contribution in [0.2, 0.25) is 0 Å². The molecule has 3 heteroatoms. The molecule has 78 valence electrons. The molecule has 1 aromatic heterocycles. The maximum atomic E-state index is 7.50. The number of rotatable bonds is 0. The Hall–Kier alpha value is -2.29. The number of nitroso groups, excluding NO2 is 1. The molecule has 1 heterocycles. The van der Waals surface area contributed by atoms with Gasteiger partial charge in [0.05, 0.1) is 11.0 Å². The lowest BCUT2D eigenvalue weighted by Crippen LogP contribution is -1.80. The molecule has 0 amide bonds. The molecule has 0 atom stereocenters. The molecule has 1 N–H and O–H groups in total. The van der Waals surface area contributed by atoms with E-state index >= 15 is 0 Å². The average Bonchev–Trinajstić information content (AvgIpc) is 2.38. The third kappa shape index (κ3) is 1.75. The monoisotopic (exact) mass is 210 g/mol. The molecular weight excluding hydrogens is 200 g/mol. The fourth-order valence-electron chi connectivity index (χ4n) is 1.72. The molecule has 0 bridgehead atoms. The standard InChI is InChI=1S/C13H9N.HNO/c1-3-7-12-10(5-1)9-11-6-2-4-8-13(11)14-12;1-2/h1-9H;1H. The molecule has 3 aromatic rings. The topological polar surface area (TPSA) is 53.8 Å². The maximum absolute atomic E-state index is 7.50. The summed E-state index contributed by atoms with van der Waals surface area (Å²) < 4.78 is 0. The minimum Gasteiger partial charge on any atom is -0.248 e. The minimum atomic E-state index is 1.06. The molecule has 0 saturated carbocycles. The zero-order chi connectivity index (χ0) is 11.4. The Balaban J connectivity index is 0.000000457. The number of nitrogens with zero attached hydrogens (tertiary/aromatic N) is 1. The van der Waals surface area contributed by atoms with Gasteiger partial charge in [0.25, 0.3) is 0 Å². The lowest BCUT2D eigenvalue weighted by molar-refractivity contribution is 1.49. The van der Waals surface area contributed by atoms with Crippen LogP contribution >= 0.6 is 0 Å². The molecule has 0 aliphatic heterocycles. The Morgan fingerprint density at radius 2 is 1.19 bits per heavy atom. The summed E-state index contributed by atoms with van der Waals surface area (Å²) in [5.41, 5.74) is 6.62. The van der Waals surface area contributed by atoms with Crippen LogP contribution in [0.25, 0.3) is 21.8 Å². The molecule has 0 radical (unpaired) electrons. The highest BCUT2D eigenvalue weighted by Gasteiger charge is 1.96. The highest BCUT2D eigenvalue weighted by Crippen LogP contribution is 2.18. The van der Waals surface area contributed by atoms with Crippen LogP contribution in [0.3, 0.4) is 0 Å². The van der Waals surface area contributed by atoms with Gasteiger partial charge in [0.15, 0.2) is 0 Å². The van der Waals surface area contributed by atoms with Gasteiger partial charge < -0.3 is 0 Å². The van der Waals surface area contributed by atoms with Crippen LogP contribution in [-0.4, -0.2) is 4.98 Å². The van der Waals surface area contributed by atoms with Gasteiger partial charge in [0.2, 0.25) is 0 Å². The normalized spacial score (nSPS) is 9.75. The summed E-state index contributed by atoms with van der Waals surface area (Å²) >= 11 is 0. The number of pyridine rings is 1. The first-order valence-electron chi connectivity index (χ1n) is 4.88. The molecule has 0 aliphatic carbocycles. The molecule has 16 heavy (non-hydrogen) atoms. The summed E-state index contributed by atoms with van der Waals surface area (Å²) in [6, 6.07) is 18.6. The summed E-state index contributed by atoms with van der Waals surface area (Å²) in [7, 11) is 0. The Morgan fingerprint density at radius 1 is 0.750 bits per heavy atom. The minimum absolute atomic E-state index is 1.06. The number of benzene rings is 2. The third-order valence-electron chi connectivity index (χ3n) is 2.43. The number of hydrogen-bond acceptors (Lipinski definition) is 3. The van der Waals surface area contributed by atoms with E-state index in [-0.39, 0.29) is 0 Å². The zero-order valence-corrected chi connectivity index (χ0v) is 8.55. The van der Waals surface area contributed by atoms with Crippen molar-refractivity contribution in [1.82, 2.24) is 4.98 Å². The predicted octanol–water partition coefficient (Wildman–Crippen LogP) is 3.72. The van der Waals surface area contributed by atoms with Crippen molar-refractivity contribution in [3.05, 3.63) is 59.5 Å². The largest absolute Gasteiger partial charge is 0.248 e. The van der Waals surface area contributed by atoms with Gasteiger partial charge in [-0.3, -0.25) is 0 Å². The van der Waals surface area contributed by atoms with E-state index < -0.39 is 0 Å². The Kier molecular flexibility index (Phi) is 2.87. The lowest BCUT2D eigenvalue weighted by atomic mass is 10.1. The number of fused-ring (bicyclic) bond motifs is 2. The molecule has 3 rings (SSSR count). The van der Waals surface area contributed by atoms with Gasteiger partial charge in [-0.15, -0.1) is 0 Å². The lowest BCUT2D eigenvalue weighted by Gasteiger charge is -1.99. The van der Waals surface area contributed by atoms with E-state index in [2.05, 4.69) is 28.8 Å². The van der Waals surface area contributed by atoms with Crippen molar-refractivity contribution in [2.24, 2.45) is 0 Å². The van der Waals surface area contributed by atoms with Crippen molar-refractivity contribution in [2.45, 2.75) is 0 Å². The highest BCUT2D eigenvalue weighted by atomic mass is 16.2. The van der Waals surface area contributed by atoms with Crippen LogP contribution in [0, 0.1) is 10.5 Å². The average molecular weight is 210 g/mol. The van der Waals surface area contributed by atoms with E-state index in [0.29, 0.717) is 0 Å². The first-order chi connectivity index (χ1) is 7.93. The molecular formula is C13H10N2O. The molecule has 0 fully saturated rings. The number of para-hydroxylation sites is 2. The van der Waals surface area contributed by atoms with Crippen LogP contribution in [0.4, 0.5) is 0 Å². The van der Waals surface area contributed by atoms with Crippen molar-refractivity contribution in [3.63, 3.8) is 0 Å². The van der Waals surface area contributed by atoms with Gasteiger partial charge in [-0.1, -0.05) is 42.0 Å². The Bertz CT molecular complexity index is 517. The number of nitrogens with one attached hydrogen (secondary N) is 1. The molecule has 0 spiro atoms. The summed E-state index contributed by atoms with van der Waals surface area (Å²) in [6.45, 7) is 0. The van der Waals surface area contributed by atoms with Crippen molar-refractivity contribution < 1.29 is 0 Å². The van der Waals surface area contributed by atoms with E-state index in [1.54, 1.807) is 0 Å². The van der Waals surface area contributed by atoms with Gasteiger partial charge in [0.1, 0.15) is 0 Å². The fourth-order valence-corrected chi connectivity index (χ4v) is 1.72. The van der Waals surface area contributed by atoms with Gasteiger partial charge in [0, 0.05) is 10.8 Å². The van der Waals surface area contributed by atoms with E-state index in [1.807, 2.05) is 36.4 Å². The number of aromatic nitrogens is 1. The van der Waals surface area contributed by atoms with Crippen LogP contribution in [-0.2, 0) is 0 Å². The highest BCUT2D eigenvalue weighted by molar-refractivity contribution is 5.92. The first kappa shape index (κ1) is 10.2. The zero-order valence-electron chi connectivity index (χ0n) is 8.55. The van der Waals surface area contributed by atoms with Gasteiger partial charge in [-0.25, -0.2) is 4.98 Å². The van der Waals surface area contributed by atoms with Crippen LogP contribution < -0.4 is 0 Å². The van der Waals surface area contributed by atoms with Crippen LogP contribution in [0.15, 0.2) is 54.6 Å². The second-order valence-electron chi connectivity index (χ2n) is 3.37. The molecule has 3 nitrogen and oxygen atoms in total. The van der Waals surface area contributed by atoms with Crippen molar-refractivity contribution in [3.8, 4) is 0 Å². The smallest absolute Gasteiger partial charge is 0.0709 e. The SMILES string of the molecule is N=O.c1ccc2nc3ccccc3cc2c1. The van der Waals surface area contributed by atoms with E-state index in [9.17, 15) is 0 Å². The predicted molar refractivity (Wildman–Crippen MR) is 65.3 cm³/mol. The van der Waals surface area contributed by atoms with E-state index in [0.717, 1.165) is 11.0 Å². The van der Waals surface area contributed by atoms with Crippen molar-refractivity contribution >= 4 is 21.8 Å². The van der Waals surface area contributed by atoms with E-state index in [4.69, 9.17) is 4.91 Å². The molecule has 0 unspecified atom stereocenters. The maximum Gasteiger partial charge on any atom is 0.0709 e. The van der Waals surface area contributed by atoms with Gasteiger partial charge in [-0.05, 0) is 18.2 Å². The Morgan fingerprint density at radius 3 is 1.69 bits per heavy atom. The van der Waals surface area contributed by atoms with Crippen LogP contribution in [0.5, 0.6) is 0 Å². The quantitative estimate of drug-likeness (QED) is 0.454. The fraction of sp³-hybridized carbons (Fsp3) is 0. The molecule has 0 aliphatic rings. The van der Waals surface area contributed by atoms with Crippen molar-refractivity contribution in [2.75, 3.05) is 0 Å². The van der Waals surface area contributed by atoms with Crippen LogP contribution in [0.1, 0.15) is 0 Å². The Labute approximate surface area is 92.5 Å². The van der Waals surface area contributed by atoms with Gasteiger partial charge in [-0.2, -0.15) is 4.91 Å². The summed E-state index contributed by atoms with van der Waals surface area (Å²) in [6.07, 6.45) is 0. The molecule has 2 aromatic carbocycles. The third-order valence-corrected chi connectivity index (χ3v) is 2.43. The molecule has 0 saturated heterocycles. The second kappa shape index (κ2) is 4.49. The second-order valence-corrected chi connectivity index (χ2v) is 3.37. The van der Waals surface area contributed by atoms with E-state index in [1.165, 1.54) is 10.8 Å². The van der Waals surface area contributed by atoms with Gasteiger partial charge >= 0.3 is 0 Å². The van der Waals surface area contributed by atoms with Crippen molar-refractivity contribution in [1.29, 1.82) is 5.59 Å². The summed E-state index contributed by atoms with van der Waals surface area (Å²) in [5.74, 6) is 0.